The zero-order valence-corrected chi connectivity index (χ0v) is 26.9. The van der Waals surface area contributed by atoms with Crippen molar-refractivity contribution in [2.45, 2.75) is 52.4 Å². The molecule has 0 aliphatic carbocycles. The van der Waals surface area contributed by atoms with E-state index in [1.165, 1.54) is 54.0 Å². The fourth-order valence-electron chi connectivity index (χ4n) is 5.09. The zero-order valence-electron chi connectivity index (χ0n) is 26.0. The highest BCUT2D eigenvalue weighted by Gasteiger charge is 2.31. The number of aliphatic imine (C=N–C) groups is 1. The number of nitrogens with zero attached hydrogens (tertiary/aromatic N) is 5. The summed E-state index contributed by atoms with van der Waals surface area (Å²) >= 11 is 1.46. The first-order valence-electron chi connectivity index (χ1n) is 14.8. The van der Waals surface area contributed by atoms with E-state index in [-0.39, 0.29) is 24.0 Å². The number of hydrogen-bond donors (Lipinski definition) is 1. The molecule has 13 heteroatoms. The Kier molecular flexibility index (Phi) is 10.1. The van der Waals surface area contributed by atoms with Crippen LogP contribution >= 0.6 is 11.8 Å². The first-order valence-corrected chi connectivity index (χ1v) is 15.8. The summed E-state index contributed by atoms with van der Waals surface area (Å²) in [7, 11) is 0. The number of rotatable bonds is 10. The lowest BCUT2D eigenvalue weighted by Gasteiger charge is -2.22. The molecule has 0 bridgehead atoms. The molecule has 1 fully saturated rings. The quantitative estimate of drug-likeness (QED) is 0.197. The van der Waals surface area contributed by atoms with Crippen molar-refractivity contribution in [3.8, 4) is 22.8 Å². The Morgan fingerprint density at radius 2 is 1.81 bits per heavy atom. The molecule has 0 spiro atoms. The third-order valence-corrected chi connectivity index (χ3v) is 8.36. The molecule has 0 saturated carbocycles. The predicted molar refractivity (Wildman–Crippen MR) is 176 cm³/mol. The van der Waals surface area contributed by atoms with Crippen LogP contribution in [0, 0.1) is 13.8 Å². The average Bonchev–Trinajstić information content (AvgIpc) is 3.64. The average molecular weight is 663 g/mol. The van der Waals surface area contributed by atoms with Gasteiger partial charge in [0.1, 0.15) is 12.1 Å². The maximum atomic E-state index is 13.1. The predicted octanol–water partition coefficient (Wildman–Crippen LogP) is 6.93. The van der Waals surface area contributed by atoms with Crippen molar-refractivity contribution in [1.29, 1.82) is 0 Å². The Bertz CT molecular complexity index is 1800. The number of nitrogens with one attached hydrogen (secondary N) is 1. The summed E-state index contributed by atoms with van der Waals surface area (Å²) < 4.78 is 42.7. The number of thioether (sulfide) groups is 1. The third kappa shape index (κ3) is 8.88. The summed E-state index contributed by atoms with van der Waals surface area (Å²) in [6, 6.07) is 18.6. The number of hydrogen-bond acceptors (Lipinski definition) is 6. The number of carbonyl (C=O) groups is 2. The van der Waals surface area contributed by atoms with Crippen molar-refractivity contribution in [1.82, 2.24) is 20.1 Å². The molecule has 1 N–H and O–H groups in total. The van der Waals surface area contributed by atoms with Crippen LogP contribution in [0.25, 0.3) is 17.1 Å². The van der Waals surface area contributed by atoms with Gasteiger partial charge in [0, 0.05) is 36.4 Å². The van der Waals surface area contributed by atoms with Gasteiger partial charge in [-0.15, -0.1) is 18.3 Å². The number of amides is 2. The van der Waals surface area contributed by atoms with E-state index in [1.54, 1.807) is 0 Å². The van der Waals surface area contributed by atoms with E-state index in [1.807, 2.05) is 55.1 Å². The molecule has 2 heterocycles. The van der Waals surface area contributed by atoms with Crippen LogP contribution in [0.1, 0.15) is 36.5 Å². The van der Waals surface area contributed by atoms with Crippen molar-refractivity contribution in [2.24, 2.45) is 4.99 Å². The highest BCUT2D eigenvalue weighted by atomic mass is 32.2. The Morgan fingerprint density at radius 3 is 2.49 bits per heavy atom. The lowest BCUT2D eigenvalue weighted by Crippen LogP contribution is -2.35. The molecule has 0 radical (unpaired) electrons. The Morgan fingerprint density at radius 1 is 1.09 bits per heavy atom. The maximum absolute atomic E-state index is 13.1. The van der Waals surface area contributed by atoms with Crippen LogP contribution in [-0.2, 0) is 16.0 Å². The van der Waals surface area contributed by atoms with Crippen molar-refractivity contribution in [3.05, 3.63) is 102 Å². The minimum atomic E-state index is -4.76. The number of aromatic nitrogens is 3. The van der Waals surface area contributed by atoms with E-state index in [0.717, 1.165) is 33.6 Å². The minimum Gasteiger partial charge on any atom is -0.406 e. The second-order valence-corrected chi connectivity index (χ2v) is 12.1. The molecule has 1 atom stereocenters. The van der Waals surface area contributed by atoms with Crippen molar-refractivity contribution < 1.29 is 27.5 Å². The summed E-state index contributed by atoms with van der Waals surface area (Å²) in [5, 5.41) is 7.91. The van der Waals surface area contributed by atoms with Gasteiger partial charge in [0.05, 0.1) is 11.4 Å². The summed E-state index contributed by atoms with van der Waals surface area (Å²) in [4.78, 5) is 35.8. The van der Waals surface area contributed by atoms with Gasteiger partial charge in [-0.25, -0.2) is 9.67 Å². The molecule has 4 aromatic rings. The van der Waals surface area contributed by atoms with Crippen LogP contribution in [0.4, 0.5) is 18.9 Å². The second-order valence-electron chi connectivity index (χ2n) is 11.2. The molecule has 244 valence electrons. The van der Waals surface area contributed by atoms with E-state index in [9.17, 15) is 22.8 Å². The SMILES string of the molecule is C=C1CSC(=NC(=O)CC(CCc2ccc(-c3ncn(-c4ccc(OC(F)(F)F)cc4)n3)cc2)NC(C)=O)N1c1cc(C)ccc1C. The van der Waals surface area contributed by atoms with E-state index < -0.39 is 12.4 Å². The van der Waals surface area contributed by atoms with Crippen LogP contribution in [0.3, 0.4) is 0 Å². The number of ether oxygens (including phenoxy) is 1. The van der Waals surface area contributed by atoms with Gasteiger partial charge in [-0.2, -0.15) is 4.99 Å². The largest absolute Gasteiger partial charge is 0.573 e. The molecule has 2 amide bonds. The van der Waals surface area contributed by atoms with E-state index in [2.05, 4.69) is 37.8 Å². The van der Waals surface area contributed by atoms with Crippen molar-refractivity contribution >= 4 is 34.4 Å². The van der Waals surface area contributed by atoms with Crippen LogP contribution < -0.4 is 15.0 Å². The van der Waals surface area contributed by atoms with Crippen molar-refractivity contribution in [2.75, 3.05) is 10.7 Å². The van der Waals surface area contributed by atoms with Crippen LogP contribution in [0.15, 0.2) is 90.3 Å². The normalized spacial score (nSPS) is 14.8. The number of amidine groups is 1. The van der Waals surface area contributed by atoms with Gasteiger partial charge in [-0.1, -0.05) is 54.7 Å². The maximum Gasteiger partial charge on any atom is 0.573 e. The van der Waals surface area contributed by atoms with Crippen LogP contribution in [0.5, 0.6) is 5.75 Å². The number of carbonyl (C=O) groups excluding carboxylic acids is 2. The van der Waals surface area contributed by atoms with E-state index in [0.29, 0.717) is 35.3 Å². The van der Waals surface area contributed by atoms with E-state index in [4.69, 9.17) is 0 Å². The van der Waals surface area contributed by atoms with Crippen LogP contribution in [-0.4, -0.2) is 49.9 Å². The van der Waals surface area contributed by atoms with Gasteiger partial charge in [0.2, 0.25) is 11.8 Å². The molecule has 1 saturated heterocycles. The summed E-state index contributed by atoms with van der Waals surface area (Å²) in [6.07, 6.45) is -2.11. The van der Waals surface area contributed by atoms with Crippen molar-refractivity contribution in [3.63, 3.8) is 0 Å². The molecule has 3 aromatic carbocycles. The van der Waals surface area contributed by atoms with Gasteiger partial charge in [0.25, 0.3) is 0 Å². The molecule has 1 aliphatic rings. The zero-order chi connectivity index (χ0) is 33.7. The highest BCUT2D eigenvalue weighted by Crippen LogP contribution is 2.34. The van der Waals surface area contributed by atoms with Gasteiger partial charge in [-0.05, 0) is 73.7 Å². The number of alkyl halides is 3. The smallest absolute Gasteiger partial charge is 0.406 e. The molecule has 47 heavy (non-hydrogen) atoms. The molecule has 1 aliphatic heterocycles. The standard InChI is InChI=1S/C34H33F3N6O3S/c1-21-5-6-22(2)30(17-21)43-23(3)19-47-33(43)40-31(45)18-27(39-24(4)44)12-9-25-7-10-26(11-8-25)32-38-20-42(41-32)28-13-15-29(16-14-28)46-34(35,36)37/h5-8,10-11,13-17,20,27H,3,9,12,18-19H2,1-2,4H3,(H,39,44). The Hall–Kier alpha value is -4.91. The lowest BCUT2D eigenvalue weighted by molar-refractivity contribution is -0.274. The lowest BCUT2D eigenvalue weighted by atomic mass is 10.0. The third-order valence-electron chi connectivity index (χ3n) is 7.35. The minimum absolute atomic E-state index is 0.0551. The number of benzene rings is 3. The molecule has 9 nitrogen and oxygen atoms in total. The number of halogens is 3. The first kappa shape index (κ1) is 33.5. The molecule has 1 unspecified atom stereocenters. The Labute approximate surface area is 274 Å². The van der Waals surface area contributed by atoms with Gasteiger partial charge in [0.15, 0.2) is 11.0 Å². The fraction of sp³-hybridized carbons (Fsp3) is 0.265. The van der Waals surface area contributed by atoms with Gasteiger partial charge in [-0.3, -0.25) is 14.5 Å². The fourth-order valence-corrected chi connectivity index (χ4v) is 6.03. The topological polar surface area (TPSA) is 102 Å². The number of anilines is 1. The summed E-state index contributed by atoms with van der Waals surface area (Å²) in [5.74, 6) is 0.199. The molecule has 1 aromatic heterocycles. The first-order chi connectivity index (χ1) is 22.3. The summed E-state index contributed by atoms with van der Waals surface area (Å²) in [5.41, 5.74) is 6.21. The van der Waals surface area contributed by atoms with Gasteiger partial charge < -0.3 is 10.1 Å². The second kappa shape index (κ2) is 14.2. The molecular formula is C34H33F3N6O3S. The monoisotopic (exact) mass is 662 g/mol. The molecule has 5 rings (SSSR count). The number of aryl methyl sites for hydroxylation is 3. The van der Waals surface area contributed by atoms with Crippen LogP contribution in [0.2, 0.25) is 0 Å². The molecular weight excluding hydrogens is 629 g/mol. The summed E-state index contributed by atoms with van der Waals surface area (Å²) in [6.45, 7) is 9.62. The van der Waals surface area contributed by atoms with Gasteiger partial charge >= 0.3 is 6.36 Å². The highest BCUT2D eigenvalue weighted by molar-refractivity contribution is 8.14. The Balaban J connectivity index is 1.21. The van der Waals surface area contributed by atoms with E-state index >= 15 is 0 Å².